The van der Waals surface area contributed by atoms with Gasteiger partial charge in [-0.2, -0.15) is 0 Å². The summed E-state index contributed by atoms with van der Waals surface area (Å²) in [6, 6.07) is 10.1. The Hall–Kier alpha value is -1.39. The highest BCUT2D eigenvalue weighted by atomic mass is 16.5. The molecule has 0 aromatic heterocycles. The molecule has 2 rings (SSSR count). The van der Waals surface area contributed by atoms with E-state index in [1.54, 1.807) is 7.11 Å². The molecule has 1 aromatic rings. The number of benzene rings is 1. The van der Waals surface area contributed by atoms with E-state index in [4.69, 9.17) is 4.74 Å². The van der Waals surface area contributed by atoms with E-state index in [1.807, 2.05) is 35.2 Å². The van der Waals surface area contributed by atoms with Crippen molar-refractivity contribution in [1.82, 2.24) is 10.2 Å². The molecule has 116 valence electrons. The van der Waals surface area contributed by atoms with Crippen molar-refractivity contribution in [3.8, 4) is 0 Å². The van der Waals surface area contributed by atoms with Crippen molar-refractivity contribution >= 4 is 5.91 Å². The monoisotopic (exact) mass is 290 g/mol. The van der Waals surface area contributed by atoms with E-state index in [0.717, 1.165) is 44.5 Å². The number of rotatable bonds is 6. The summed E-state index contributed by atoms with van der Waals surface area (Å²) in [6.45, 7) is 4.79. The highest BCUT2D eigenvalue weighted by molar-refractivity contribution is 5.82. The van der Waals surface area contributed by atoms with Crippen LogP contribution in [0.25, 0.3) is 0 Å². The fourth-order valence-electron chi connectivity index (χ4n) is 2.87. The van der Waals surface area contributed by atoms with E-state index < -0.39 is 6.10 Å². The van der Waals surface area contributed by atoms with Gasteiger partial charge in [0, 0.05) is 26.2 Å². The summed E-state index contributed by atoms with van der Waals surface area (Å²) in [4.78, 5) is 14.7. The Morgan fingerprint density at radius 1 is 1.43 bits per heavy atom. The molecular weight excluding hydrogens is 264 g/mol. The van der Waals surface area contributed by atoms with Crippen molar-refractivity contribution in [3.05, 3.63) is 35.9 Å². The zero-order valence-corrected chi connectivity index (χ0v) is 13.0. The normalized spacial score (nSPS) is 20.3. The van der Waals surface area contributed by atoms with Crippen molar-refractivity contribution in [1.29, 1.82) is 0 Å². The maximum atomic E-state index is 12.7. The van der Waals surface area contributed by atoms with Crippen LogP contribution < -0.4 is 5.32 Å². The molecule has 1 aromatic carbocycles. The predicted molar refractivity (Wildman–Crippen MR) is 84.1 cm³/mol. The predicted octanol–water partition coefficient (Wildman–Crippen LogP) is 2.36. The van der Waals surface area contributed by atoms with Crippen LogP contribution >= 0.6 is 0 Å². The van der Waals surface area contributed by atoms with Crippen LogP contribution in [0.4, 0.5) is 0 Å². The number of carbonyl (C=O) groups excluding carboxylic acids is 1. The highest BCUT2D eigenvalue weighted by Gasteiger charge is 2.29. The minimum Gasteiger partial charge on any atom is -0.367 e. The van der Waals surface area contributed by atoms with Crippen molar-refractivity contribution < 1.29 is 9.53 Å². The number of hydrogen-bond acceptors (Lipinski definition) is 3. The lowest BCUT2D eigenvalue weighted by Gasteiger charge is -2.35. The summed E-state index contributed by atoms with van der Waals surface area (Å²) in [7, 11) is 1.60. The Bertz CT molecular complexity index is 436. The number of likely N-dealkylation sites (tertiary alicyclic amines) is 1. The number of nitrogens with one attached hydrogen (secondary N) is 1. The molecule has 1 aliphatic heterocycles. The average molecular weight is 290 g/mol. The average Bonchev–Trinajstić information content (AvgIpc) is 2.55. The first-order valence-electron chi connectivity index (χ1n) is 7.86. The van der Waals surface area contributed by atoms with Crippen LogP contribution in [-0.2, 0) is 9.53 Å². The molecule has 4 heteroatoms. The Kier molecular flexibility index (Phi) is 6.21. The summed E-state index contributed by atoms with van der Waals surface area (Å²) in [5, 5.41) is 3.52. The van der Waals surface area contributed by atoms with Gasteiger partial charge in [0.25, 0.3) is 5.91 Å². The van der Waals surface area contributed by atoms with Crippen molar-refractivity contribution in [2.75, 3.05) is 26.7 Å². The summed E-state index contributed by atoms with van der Waals surface area (Å²) >= 11 is 0. The van der Waals surface area contributed by atoms with Crippen LogP contribution in [0.2, 0.25) is 0 Å². The summed E-state index contributed by atoms with van der Waals surface area (Å²) in [5.74, 6) is 0.0756. The summed E-state index contributed by atoms with van der Waals surface area (Å²) in [6.07, 6.45) is 2.83. The third-order valence-corrected chi connectivity index (χ3v) is 3.98. The van der Waals surface area contributed by atoms with E-state index in [2.05, 4.69) is 12.2 Å². The molecule has 1 amide bonds. The van der Waals surface area contributed by atoms with E-state index in [1.165, 1.54) is 0 Å². The van der Waals surface area contributed by atoms with Gasteiger partial charge in [-0.25, -0.2) is 0 Å². The first kappa shape index (κ1) is 16.0. The van der Waals surface area contributed by atoms with Crippen molar-refractivity contribution in [2.24, 2.45) is 0 Å². The van der Waals surface area contributed by atoms with Gasteiger partial charge in [-0.1, -0.05) is 37.3 Å². The maximum absolute atomic E-state index is 12.7. The number of nitrogens with zero attached hydrogens (tertiary/aromatic N) is 1. The number of ether oxygens (including phenoxy) is 1. The van der Waals surface area contributed by atoms with Gasteiger partial charge in [-0.3, -0.25) is 4.79 Å². The maximum Gasteiger partial charge on any atom is 0.256 e. The molecule has 0 radical (unpaired) electrons. The molecule has 1 N–H and O–H groups in total. The SMILES string of the molecule is CCCNC1CCCN(C(=O)C(OC)c2ccccc2)C1. The minimum absolute atomic E-state index is 0.0756. The van der Waals surface area contributed by atoms with Gasteiger partial charge in [0.05, 0.1) is 0 Å². The largest absolute Gasteiger partial charge is 0.367 e. The number of piperidine rings is 1. The highest BCUT2D eigenvalue weighted by Crippen LogP contribution is 2.21. The Labute approximate surface area is 127 Å². The van der Waals surface area contributed by atoms with E-state index in [9.17, 15) is 4.79 Å². The van der Waals surface area contributed by atoms with Gasteiger partial charge in [0.15, 0.2) is 6.10 Å². The zero-order valence-electron chi connectivity index (χ0n) is 13.0. The zero-order chi connectivity index (χ0) is 15.1. The Morgan fingerprint density at radius 3 is 2.86 bits per heavy atom. The smallest absolute Gasteiger partial charge is 0.256 e. The molecule has 0 bridgehead atoms. The van der Waals surface area contributed by atoms with Gasteiger partial charge in [0.1, 0.15) is 0 Å². The third kappa shape index (κ3) is 4.29. The molecule has 1 saturated heterocycles. The van der Waals surface area contributed by atoms with Gasteiger partial charge >= 0.3 is 0 Å². The molecule has 21 heavy (non-hydrogen) atoms. The van der Waals surface area contributed by atoms with E-state index in [0.29, 0.717) is 6.04 Å². The molecule has 2 unspecified atom stereocenters. The van der Waals surface area contributed by atoms with E-state index >= 15 is 0 Å². The molecule has 1 fully saturated rings. The van der Waals surface area contributed by atoms with Crippen molar-refractivity contribution in [2.45, 2.75) is 38.3 Å². The Balaban J connectivity index is 2.00. The van der Waals surface area contributed by atoms with E-state index in [-0.39, 0.29) is 5.91 Å². The topological polar surface area (TPSA) is 41.6 Å². The second-order valence-electron chi connectivity index (χ2n) is 5.60. The second-order valence-corrected chi connectivity index (χ2v) is 5.60. The van der Waals surface area contributed by atoms with Crippen LogP contribution in [0.3, 0.4) is 0 Å². The van der Waals surface area contributed by atoms with Gasteiger partial charge in [-0.15, -0.1) is 0 Å². The minimum atomic E-state index is -0.490. The fourth-order valence-corrected chi connectivity index (χ4v) is 2.87. The lowest BCUT2D eigenvalue weighted by Crippen LogP contribution is -2.49. The van der Waals surface area contributed by atoms with Crippen LogP contribution in [0.15, 0.2) is 30.3 Å². The summed E-state index contributed by atoms with van der Waals surface area (Å²) < 4.78 is 5.46. The quantitative estimate of drug-likeness (QED) is 0.874. The van der Waals surface area contributed by atoms with Crippen LogP contribution in [0.1, 0.15) is 37.9 Å². The molecular formula is C17H26N2O2. The molecule has 0 saturated carbocycles. The number of amides is 1. The molecule has 2 atom stereocenters. The van der Waals surface area contributed by atoms with Crippen molar-refractivity contribution in [3.63, 3.8) is 0 Å². The molecule has 1 aliphatic rings. The van der Waals surface area contributed by atoms with Crippen LogP contribution in [0, 0.1) is 0 Å². The standard InChI is InChI=1S/C17H26N2O2/c1-3-11-18-15-10-7-12-19(13-15)17(20)16(21-2)14-8-5-4-6-9-14/h4-6,8-9,15-16,18H,3,7,10-13H2,1-2H3. The first-order chi connectivity index (χ1) is 10.3. The lowest BCUT2D eigenvalue weighted by atomic mass is 10.0. The Morgan fingerprint density at radius 2 is 2.19 bits per heavy atom. The number of methoxy groups -OCH3 is 1. The summed E-state index contributed by atoms with van der Waals surface area (Å²) in [5.41, 5.74) is 0.925. The fraction of sp³-hybridized carbons (Fsp3) is 0.588. The van der Waals surface area contributed by atoms with Gasteiger partial charge in [0.2, 0.25) is 0 Å². The molecule has 1 heterocycles. The van der Waals surface area contributed by atoms with Gasteiger partial charge in [-0.05, 0) is 31.4 Å². The first-order valence-corrected chi connectivity index (χ1v) is 7.86. The second kappa shape index (κ2) is 8.15. The van der Waals surface area contributed by atoms with Crippen LogP contribution in [-0.4, -0.2) is 43.6 Å². The van der Waals surface area contributed by atoms with Gasteiger partial charge < -0.3 is 15.0 Å². The van der Waals surface area contributed by atoms with Crippen LogP contribution in [0.5, 0.6) is 0 Å². The molecule has 0 aliphatic carbocycles. The molecule has 0 spiro atoms. The number of carbonyl (C=O) groups is 1. The third-order valence-electron chi connectivity index (χ3n) is 3.98. The lowest BCUT2D eigenvalue weighted by molar-refractivity contribution is -0.143. The molecule has 4 nitrogen and oxygen atoms in total. The number of hydrogen-bond donors (Lipinski definition) is 1.